The molecule has 15 heavy (non-hydrogen) atoms. The van der Waals surface area contributed by atoms with E-state index in [9.17, 15) is 0 Å². The molecule has 0 aromatic rings. The van der Waals surface area contributed by atoms with Gasteiger partial charge in [-0.2, -0.15) is 0 Å². The third-order valence-corrected chi connectivity index (χ3v) is 2.69. The number of nitrogens with zero attached hydrogens (tertiary/aromatic N) is 1. The zero-order chi connectivity index (χ0) is 10.9. The molecule has 0 aromatic heterocycles. The highest BCUT2D eigenvalue weighted by Gasteiger charge is 2.19. The van der Waals surface area contributed by atoms with Gasteiger partial charge in [-0.1, -0.05) is 12.2 Å². The molecule has 2 heteroatoms. The number of nitrogens with one attached hydrogen (secondary N) is 1. The number of unbranched alkanes of at least 4 members (excludes halogenated alkanes) is 1. The molecule has 0 radical (unpaired) electrons. The lowest BCUT2D eigenvalue weighted by molar-refractivity contribution is 0.325. The van der Waals surface area contributed by atoms with E-state index < -0.39 is 0 Å². The summed E-state index contributed by atoms with van der Waals surface area (Å²) in [5.41, 5.74) is 0. The minimum atomic E-state index is 0.849. The van der Waals surface area contributed by atoms with Crippen LogP contribution in [0.4, 0.5) is 0 Å². The van der Waals surface area contributed by atoms with Crippen molar-refractivity contribution < 1.29 is 0 Å². The van der Waals surface area contributed by atoms with Crippen LogP contribution in [0.1, 0.15) is 25.7 Å². The molecule has 0 atom stereocenters. The topological polar surface area (TPSA) is 15.3 Å². The van der Waals surface area contributed by atoms with E-state index in [0.29, 0.717) is 0 Å². The molecule has 1 saturated carbocycles. The Morgan fingerprint density at radius 2 is 1.80 bits per heavy atom. The van der Waals surface area contributed by atoms with Gasteiger partial charge in [-0.25, -0.2) is 0 Å². The lowest BCUT2D eigenvalue weighted by Gasteiger charge is -2.18. The minimum Gasteiger partial charge on any atom is -0.314 e. The van der Waals surface area contributed by atoms with Crippen LogP contribution in [0.3, 0.4) is 0 Å². The highest BCUT2D eigenvalue weighted by Crippen LogP contribution is 2.18. The zero-order valence-corrected chi connectivity index (χ0v) is 9.75. The molecule has 1 aliphatic rings. The third-order valence-electron chi connectivity index (χ3n) is 2.69. The summed E-state index contributed by atoms with van der Waals surface area (Å²) in [5.74, 6) is 0. The zero-order valence-electron chi connectivity index (χ0n) is 9.75. The lowest BCUT2D eigenvalue weighted by atomic mass is 10.3. The molecule has 0 unspecified atom stereocenters. The molecule has 0 heterocycles. The van der Waals surface area contributed by atoms with Gasteiger partial charge in [0.15, 0.2) is 0 Å². The summed E-state index contributed by atoms with van der Waals surface area (Å²) >= 11 is 0. The molecule has 0 spiro atoms. The monoisotopic (exact) mass is 208 g/mol. The fourth-order valence-corrected chi connectivity index (χ4v) is 1.68. The number of hydrogen-bond donors (Lipinski definition) is 1. The van der Waals surface area contributed by atoms with Crippen LogP contribution in [0, 0.1) is 0 Å². The van der Waals surface area contributed by atoms with Crippen LogP contribution in [0.15, 0.2) is 25.3 Å². The third kappa shape index (κ3) is 6.47. The van der Waals surface area contributed by atoms with Crippen LogP contribution in [0.25, 0.3) is 0 Å². The molecule has 86 valence electrons. The van der Waals surface area contributed by atoms with Crippen molar-refractivity contribution in [3.8, 4) is 0 Å². The maximum Gasteiger partial charge on any atom is 0.0163 e. The van der Waals surface area contributed by atoms with E-state index in [1.165, 1.54) is 32.2 Å². The first-order valence-electron chi connectivity index (χ1n) is 6.04. The van der Waals surface area contributed by atoms with Crippen molar-refractivity contribution in [2.75, 3.05) is 26.2 Å². The summed E-state index contributed by atoms with van der Waals surface area (Å²) in [6.07, 6.45) is 9.25. The van der Waals surface area contributed by atoms with Gasteiger partial charge in [-0.15, -0.1) is 13.2 Å². The van der Waals surface area contributed by atoms with Crippen LogP contribution in [-0.4, -0.2) is 37.1 Å². The van der Waals surface area contributed by atoms with Gasteiger partial charge < -0.3 is 5.32 Å². The molecular formula is C13H24N2. The van der Waals surface area contributed by atoms with Crippen molar-refractivity contribution in [3.05, 3.63) is 25.3 Å². The minimum absolute atomic E-state index is 0.849. The summed E-state index contributed by atoms with van der Waals surface area (Å²) < 4.78 is 0. The Labute approximate surface area is 94.0 Å². The Hall–Kier alpha value is -0.600. The first kappa shape index (κ1) is 12.5. The second-order valence-corrected chi connectivity index (χ2v) is 4.27. The van der Waals surface area contributed by atoms with E-state index >= 15 is 0 Å². The van der Waals surface area contributed by atoms with Gasteiger partial charge >= 0.3 is 0 Å². The fourth-order valence-electron chi connectivity index (χ4n) is 1.68. The van der Waals surface area contributed by atoms with E-state index in [1.54, 1.807) is 0 Å². The Morgan fingerprint density at radius 3 is 2.33 bits per heavy atom. The molecule has 0 amide bonds. The van der Waals surface area contributed by atoms with Crippen molar-refractivity contribution >= 4 is 0 Å². The largest absolute Gasteiger partial charge is 0.314 e. The van der Waals surface area contributed by atoms with Gasteiger partial charge in [-0.05, 0) is 38.8 Å². The normalized spacial score (nSPS) is 15.5. The number of hydrogen-bond acceptors (Lipinski definition) is 2. The van der Waals surface area contributed by atoms with Crippen LogP contribution < -0.4 is 5.32 Å². The van der Waals surface area contributed by atoms with Crippen molar-refractivity contribution in [3.63, 3.8) is 0 Å². The maximum absolute atomic E-state index is 3.77. The second-order valence-electron chi connectivity index (χ2n) is 4.27. The summed E-state index contributed by atoms with van der Waals surface area (Å²) in [6.45, 7) is 11.8. The smallest absolute Gasteiger partial charge is 0.0163 e. The van der Waals surface area contributed by atoms with Crippen LogP contribution in [-0.2, 0) is 0 Å². The molecule has 1 rings (SSSR count). The predicted molar refractivity (Wildman–Crippen MR) is 67.1 cm³/mol. The lowest BCUT2D eigenvalue weighted by Crippen LogP contribution is -2.26. The molecule has 0 aliphatic heterocycles. The van der Waals surface area contributed by atoms with Crippen LogP contribution in [0.5, 0.6) is 0 Å². The predicted octanol–water partition coefficient (Wildman–Crippen LogP) is 2.19. The first-order valence-corrected chi connectivity index (χ1v) is 6.04. The Bertz CT molecular complexity index is 175. The quantitative estimate of drug-likeness (QED) is 0.437. The van der Waals surface area contributed by atoms with E-state index in [1.807, 2.05) is 12.2 Å². The Morgan fingerprint density at radius 1 is 1.13 bits per heavy atom. The van der Waals surface area contributed by atoms with Gasteiger partial charge in [0.25, 0.3) is 0 Å². The van der Waals surface area contributed by atoms with Gasteiger partial charge in [-0.3, -0.25) is 4.90 Å². The van der Waals surface area contributed by atoms with E-state index in [4.69, 9.17) is 0 Å². The molecular weight excluding hydrogens is 184 g/mol. The van der Waals surface area contributed by atoms with Crippen molar-refractivity contribution in [1.82, 2.24) is 10.2 Å². The molecule has 1 aliphatic carbocycles. The van der Waals surface area contributed by atoms with Gasteiger partial charge in [0.1, 0.15) is 0 Å². The van der Waals surface area contributed by atoms with Crippen LogP contribution in [0.2, 0.25) is 0 Å². The van der Waals surface area contributed by atoms with E-state index in [0.717, 1.165) is 25.7 Å². The highest BCUT2D eigenvalue weighted by molar-refractivity contribution is 4.81. The first-order chi connectivity index (χ1) is 7.36. The number of rotatable bonds is 10. The Balaban J connectivity index is 1.93. The van der Waals surface area contributed by atoms with Crippen molar-refractivity contribution in [2.45, 2.75) is 31.7 Å². The summed E-state index contributed by atoms with van der Waals surface area (Å²) in [4.78, 5) is 2.37. The summed E-state index contributed by atoms with van der Waals surface area (Å²) in [5, 5.41) is 3.54. The average Bonchev–Trinajstić information content (AvgIpc) is 3.02. The van der Waals surface area contributed by atoms with E-state index in [-0.39, 0.29) is 0 Å². The average molecular weight is 208 g/mol. The summed E-state index contributed by atoms with van der Waals surface area (Å²) in [6, 6.07) is 0.849. The van der Waals surface area contributed by atoms with Gasteiger partial charge in [0.2, 0.25) is 0 Å². The van der Waals surface area contributed by atoms with Gasteiger partial charge in [0, 0.05) is 19.1 Å². The second kappa shape index (κ2) is 7.66. The van der Waals surface area contributed by atoms with Crippen LogP contribution >= 0.6 is 0 Å². The maximum atomic E-state index is 3.77. The van der Waals surface area contributed by atoms with Gasteiger partial charge in [0.05, 0.1) is 0 Å². The standard InChI is InChI=1S/C13H24N2/c1-3-10-15(11-4-2)12-6-5-9-14-13-7-8-13/h3-4,13-14H,1-2,5-12H2. The van der Waals surface area contributed by atoms with E-state index in [2.05, 4.69) is 23.4 Å². The molecule has 1 N–H and O–H groups in total. The molecule has 0 saturated heterocycles. The Kier molecular flexibility index (Phi) is 6.37. The van der Waals surface area contributed by atoms with Crippen molar-refractivity contribution in [1.29, 1.82) is 0 Å². The fraction of sp³-hybridized carbons (Fsp3) is 0.692. The molecule has 0 bridgehead atoms. The van der Waals surface area contributed by atoms with Crippen molar-refractivity contribution in [2.24, 2.45) is 0 Å². The molecule has 1 fully saturated rings. The SMILES string of the molecule is C=CCN(CC=C)CCCCNC1CC1. The summed E-state index contributed by atoms with van der Waals surface area (Å²) in [7, 11) is 0. The molecule has 2 nitrogen and oxygen atoms in total. The molecule has 0 aromatic carbocycles. The highest BCUT2D eigenvalue weighted by atomic mass is 15.1.